The maximum absolute atomic E-state index is 13.3. The number of carboxylic acids is 1. The van der Waals surface area contributed by atoms with Gasteiger partial charge in [0, 0.05) is 38.4 Å². The van der Waals surface area contributed by atoms with Gasteiger partial charge in [-0.05, 0) is 55.8 Å². The van der Waals surface area contributed by atoms with Crippen LogP contribution >= 0.6 is 0 Å². The van der Waals surface area contributed by atoms with Crippen molar-refractivity contribution in [3.05, 3.63) is 59.4 Å². The highest BCUT2D eigenvalue weighted by atomic mass is 16.4. The van der Waals surface area contributed by atoms with Gasteiger partial charge in [0.1, 0.15) is 17.2 Å². The predicted molar refractivity (Wildman–Crippen MR) is 136 cm³/mol. The molecule has 1 unspecified atom stereocenters. The van der Waals surface area contributed by atoms with Gasteiger partial charge in [-0.3, -0.25) is 20.3 Å². The molecule has 10 heteroatoms. The van der Waals surface area contributed by atoms with Crippen LogP contribution in [0.15, 0.2) is 42.5 Å². The lowest BCUT2D eigenvalue weighted by atomic mass is 9.89. The number of amidine groups is 1. The standard InChI is InChI=1S/C25H33N7O3/c1-5-31(3)24(35)25(2,29-13-12-22(33)34)17-8-11-20-19(14-17)30-21(32(20)4)15-28-18-9-6-16(7-10-18)23(26)27/h6-11,14,28-29H,5,12-13,15H2,1-4H3,(H3,26,27)(H,33,34). The van der Waals surface area contributed by atoms with E-state index in [9.17, 15) is 9.59 Å². The molecule has 10 nitrogen and oxygen atoms in total. The summed E-state index contributed by atoms with van der Waals surface area (Å²) in [5.41, 5.74) is 8.34. The van der Waals surface area contributed by atoms with Crippen molar-refractivity contribution in [1.82, 2.24) is 19.8 Å². The monoisotopic (exact) mass is 479 g/mol. The lowest BCUT2D eigenvalue weighted by Crippen LogP contribution is -2.53. The fraction of sp³-hybridized carbons (Fsp3) is 0.360. The third-order valence-corrected chi connectivity index (χ3v) is 6.26. The first-order valence-corrected chi connectivity index (χ1v) is 11.4. The molecule has 1 heterocycles. The quantitative estimate of drug-likeness (QED) is 0.209. The molecule has 0 aliphatic heterocycles. The van der Waals surface area contributed by atoms with Crippen molar-refractivity contribution in [2.45, 2.75) is 32.4 Å². The van der Waals surface area contributed by atoms with Crippen molar-refractivity contribution >= 4 is 34.4 Å². The summed E-state index contributed by atoms with van der Waals surface area (Å²) in [5.74, 6) is -0.234. The molecular weight excluding hydrogens is 446 g/mol. The summed E-state index contributed by atoms with van der Waals surface area (Å²) in [6, 6.07) is 13.0. The number of aliphatic carboxylic acids is 1. The Hall–Kier alpha value is -3.92. The van der Waals surface area contributed by atoms with E-state index in [0.29, 0.717) is 18.7 Å². The van der Waals surface area contributed by atoms with Crippen LogP contribution in [-0.2, 0) is 28.7 Å². The molecule has 3 aromatic rings. The predicted octanol–water partition coefficient (Wildman–Crippen LogP) is 2.23. The third kappa shape index (κ3) is 5.60. The number of fused-ring (bicyclic) bond motifs is 1. The number of nitrogens with two attached hydrogens (primary N) is 1. The second-order valence-corrected chi connectivity index (χ2v) is 8.65. The van der Waals surface area contributed by atoms with Gasteiger partial charge in [-0.1, -0.05) is 6.07 Å². The van der Waals surface area contributed by atoms with Crippen LogP contribution in [-0.4, -0.2) is 57.4 Å². The van der Waals surface area contributed by atoms with Crippen LogP contribution in [0.3, 0.4) is 0 Å². The van der Waals surface area contributed by atoms with Gasteiger partial charge in [0.2, 0.25) is 5.91 Å². The summed E-state index contributed by atoms with van der Waals surface area (Å²) in [6.07, 6.45) is -0.0895. The molecule has 0 spiro atoms. The van der Waals surface area contributed by atoms with Crippen molar-refractivity contribution in [2.24, 2.45) is 12.8 Å². The van der Waals surface area contributed by atoms with Crippen LogP contribution in [0.5, 0.6) is 0 Å². The van der Waals surface area contributed by atoms with E-state index in [1.54, 1.807) is 31.0 Å². The van der Waals surface area contributed by atoms with Gasteiger partial charge in [-0.25, -0.2) is 4.98 Å². The number of likely N-dealkylation sites (N-methyl/N-ethyl adjacent to an activating group) is 1. The van der Waals surface area contributed by atoms with Gasteiger partial charge in [0.05, 0.1) is 24.0 Å². The number of hydrogen-bond donors (Lipinski definition) is 5. The fourth-order valence-electron chi connectivity index (χ4n) is 3.91. The number of carbonyl (C=O) groups excluding carboxylic acids is 1. The molecule has 0 bridgehead atoms. The average molecular weight is 480 g/mol. The number of nitrogen functional groups attached to an aromatic ring is 1. The maximum atomic E-state index is 13.3. The highest BCUT2D eigenvalue weighted by Gasteiger charge is 2.37. The summed E-state index contributed by atoms with van der Waals surface area (Å²) in [6.45, 7) is 4.84. The first kappa shape index (κ1) is 25.7. The zero-order valence-corrected chi connectivity index (χ0v) is 20.6. The number of imidazole rings is 1. The number of hydrogen-bond acceptors (Lipinski definition) is 6. The number of nitrogens with zero attached hydrogens (tertiary/aromatic N) is 3. The Bertz CT molecular complexity index is 1240. The van der Waals surface area contributed by atoms with Crippen LogP contribution in [0.1, 0.15) is 37.2 Å². The molecule has 1 aromatic heterocycles. The molecule has 1 atom stereocenters. The van der Waals surface area contributed by atoms with Gasteiger partial charge in [-0.15, -0.1) is 0 Å². The Kier molecular flexibility index (Phi) is 7.75. The van der Waals surface area contributed by atoms with Crippen LogP contribution < -0.4 is 16.4 Å². The van der Waals surface area contributed by atoms with E-state index >= 15 is 0 Å². The smallest absolute Gasteiger partial charge is 0.304 e. The molecule has 1 amide bonds. The first-order chi connectivity index (χ1) is 16.6. The Morgan fingerprint density at radius 2 is 1.91 bits per heavy atom. The summed E-state index contributed by atoms with van der Waals surface area (Å²) in [4.78, 5) is 30.7. The van der Waals surface area contributed by atoms with E-state index in [-0.39, 0.29) is 24.7 Å². The molecular formula is C25H33N7O3. The SMILES string of the molecule is CCN(C)C(=O)C(C)(NCCC(=O)O)c1ccc2c(c1)nc(CNc1ccc(C(=N)N)cc1)n2C. The van der Waals surface area contributed by atoms with Crippen molar-refractivity contribution in [3.63, 3.8) is 0 Å². The molecule has 0 saturated heterocycles. The Labute approximate surface area is 204 Å². The Balaban J connectivity index is 1.88. The number of amides is 1. The van der Waals surface area contributed by atoms with Crippen LogP contribution in [0.4, 0.5) is 5.69 Å². The zero-order chi connectivity index (χ0) is 25.8. The lowest BCUT2D eigenvalue weighted by Gasteiger charge is -2.33. The molecule has 0 fully saturated rings. The highest BCUT2D eigenvalue weighted by molar-refractivity contribution is 5.95. The zero-order valence-electron chi connectivity index (χ0n) is 20.6. The van der Waals surface area contributed by atoms with Crippen LogP contribution in [0.2, 0.25) is 0 Å². The van der Waals surface area contributed by atoms with Gasteiger partial charge < -0.3 is 25.6 Å². The number of carbonyl (C=O) groups is 2. The maximum Gasteiger partial charge on any atom is 0.304 e. The van der Waals surface area contributed by atoms with Gasteiger partial charge >= 0.3 is 5.97 Å². The largest absolute Gasteiger partial charge is 0.481 e. The molecule has 6 N–H and O–H groups in total. The number of carboxylic acid groups (broad SMARTS) is 1. The minimum Gasteiger partial charge on any atom is -0.481 e. The molecule has 186 valence electrons. The van der Waals surface area contributed by atoms with Crippen molar-refractivity contribution < 1.29 is 14.7 Å². The van der Waals surface area contributed by atoms with Crippen molar-refractivity contribution in [1.29, 1.82) is 5.41 Å². The number of anilines is 1. The minimum absolute atomic E-state index is 0.0239. The molecule has 0 saturated carbocycles. The lowest BCUT2D eigenvalue weighted by molar-refractivity contribution is -0.139. The van der Waals surface area contributed by atoms with E-state index in [2.05, 4.69) is 10.6 Å². The molecule has 0 radical (unpaired) electrons. The van der Waals surface area contributed by atoms with Gasteiger partial charge in [0.25, 0.3) is 0 Å². The van der Waals surface area contributed by atoms with E-state index in [1.165, 1.54) is 0 Å². The Morgan fingerprint density at radius 1 is 1.23 bits per heavy atom. The number of nitrogens with one attached hydrogen (secondary N) is 3. The Morgan fingerprint density at radius 3 is 2.51 bits per heavy atom. The summed E-state index contributed by atoms with van der Waals surface area (Å²) >= 11 is 0. The van der Waals surface area contributed by atoms with Crippen molar-refractivity contribution in [2.75, 3.05) is 25.5 Å². The molecule has 3 rings (SSSR count). The van der Waals surface area contributed by atoms with Crippen LogP contribution in [0.25, 0.3) is 11.0 Å². The minimum atomic E-state index is -1.09. The second-order valence-electron chi connectivity index (χ2n) is 8.65. The number of rotatable bonds is 11. The van der Waals surface area contributed by atoms with Gasteiger partial charge in [-0.2, -0.15) is 0 Å². The fourth-order valence-corrected chi connectivity index (χ4v) is 3.91. The highest BCUT2D eigenvalue weighted by Crippen LogP contribution is 2.27. The normalized spacial score (nSPS) is 12.8. The number of benzene rings is 2. The topological polar surface area (TPSA) is 149 Å². The number of aryl methyl sites for hydroxylation is 1. The van der Waals surface area contributed by atoms with Crippen LogP contribution in [0, 0.1) is 5.41 Å². The van der Waals surface area contributed by atoms with Crippen molar-refractivity contribution in [3.8, 4) is 0 Å². The molecule has 2 aromatic carbocycles. The second kappa shape index (κ2) is 10.6. The summed E-state index contributed by atoms with van der Waals surface area (Å²) < 4.78 is 1.99. The molecule has 0 aliphatic carbocycles. The molecule has 0 aliphatic rings. The van der Waals surface area contributed by atoms with E-state index in [0.717, 1.165) is 28.1 Å². The number of aromatic nitrogens is 2. The summed E-state index contributed by atoms with van der Waals surface area (Å²) in [7, 11) is 3.66. The van der Waals surface area contributed by atoms with E-state index < -0.39 is 11.5 Å². The van der Waals surface area contributed by atoms with Gasteiger partial charge in [0.15, 0.2) is 0 Å². The third-order valence-electron chi connectivity index (χ3n) is 6.26. The van der Waals surface area contributed by atoms with E-state index in [1.807, 2.05) is 48.9 Å². The molecule has 35 heavy (non-hydrogen) atoms. The summed E-state index contributed by atoms with van der Waals surface area (Å²) in [5, 5.41) is 23.0. The van der Waals surface area contributed by atoms with E-state index in [4.69, 9.17) is 21.2 Å². The average Bonchev–Trinajstić information content (AvgIpc) is 3.16. The first-order valence-electron chi connectivity index (χ1n) is 11.4.